The molecular weight excluding hydrogens is 222 g/mol. The van der Waals surface area contributed by atoms with Crippen molar-refractivity contribution in [2.24, 2.45) is 0 Å². The van der Waals surface area contributed by atoms with Crippen LogP contribution in [0.25, 0.3) is 0 Å². The zero-order valence-corrected chi connectivity index (χ0v) is 11.5. The number of carbonyl (C=O) groups excluding carboxylic acids is 1. The summed E-state index contributed by atoms with van der Waals surface area (Å²) < 4.78 is 4.17. The number of carbonyl (C=O) groups is 2. The van der Waals surface area contributed by atoms with E-state index in [4.69, 9.17) is 9.90 Å². The molecule has 102 valence electrons. The van der Waals surface area contributed by atoms with Gasteiger partial charge in [0.1, 0.15) is 0 Å². The van der Waals surface area contributed by atoms with Gasteiger partial charge >= 0.3 is 5.97 Å². The van der Waals surface area contributed by atoms with Gasteiger partial charge in [-0.1, -0.05) is 27.4 Å². The van der Waals surface area contributed by atoms with Gasteiger partial charge in [0.05, 0.1) is 6.26 Å². The van der Waals surface area contributed by atoms with E-state index in [9.17, 15) is 4.79 Å². The zero-order valence-electron chi connectivity index (χ0n) is 11.5. The molecule has 0 aromatic carbocycles. The second-order valence-corrected chi connectivity index (χ2v) is 2.91. The van der Waals surface area contributed by atoms with Crippen molar-refractivity contribution < 1.29 is 19.4 Å². The van der Waals surface area contributed by atoms with Gasteiger partial charge in [-0.05, 0) is 19.6 Å². The molecule has 0 heterocycles. The van der Waals surface area contributed by atoms with Crippen molar-refractivity contribution in [2.45, 2.75) is 34.6 Å². The van der Waals surface area contributed by atoms with Crippen molar-refractivity contribution in [1.29, 1.82) is 0 Å². The molecule has 17 heavy (non-hydrogen) atoms. The summed E-state index contributed by atoms with van der Waals surface area (Å²) in [4.78, 5) is 21.1. The first-order chi connectivity index (χ1) is 7.85. The van der Waals surface area contributed by atoms with Crippen molar-refractivity contribution in [3.63, 3.8) is 0 Å². The molecule has 1 N–H and O–H groups in total. The minimum atomic E-state index is -0.833. The molecule has 0 saturated heterocycles. The Morgan fingerprint density at radius 3 is 1.47 bits per heavy atom. The average Bonchev–Trinajstić information content (AvgIpc) is 2.20. The predicted octanol–water partition coefficient (Wildman–Crippen LogP) is 2.13. The van der Waals surface area contributed by atoms with Crippen molar-refractivity contribution in [3.05, 3.63) is 12.8 Å². The van der Waals surface area contributed by atoms with Crippen LogP contribution in [0, 0.1) is 0 Å². The normalized spacial score (nSPS) is 8.12. The molecule has 0 aromatic heterocycles. The Bertz CT molecular complexity index is 191. The molecule has 0 unspecified atom stereocenters. The molecule has 0 aliphatic carbocycles. The molecule has 0 aliphatic rings. The van der Waals surface area contributed by atoms with E-state index in [0.29, 0.717) is 0 Å². The molecule has 0 aromatic rings. The Balaban J connectivity index is -0.000000180. The molecule has 0 aliphatic heterocycles. The van der Waals surface area contributed by atoms with E-state index >= 15 is 0 Å². The van der Waals surface area contributed by atoms with Crippen LogP contribution in [0.5, 0.6) is 0 Å². The van der Waals surface area contributed by atoms with Crippen LogP contribution in [-0.4, -0.2) is 41.6 Å². The van der Waals surface area contributed by atoms with Gasteiger partial charge in [0, 0.05) is 13.8 Å². The number of ether oxygens (including phenoxy) is 1. The number of carboxylic acids is 1. The number of hydrogen-bond donors (Lipinski definition) is 1. The number of rotatable bonds is 4. The van der Waals surface area contributed by atoms with Crippen LogP contribution in [-0.2, 0) is 14.3 Å². The highest BCUT2D eigenvalue weighted by Crippen LogP contribution is 1.81. The number of nitrogens with zero attached hydrogens (tertiary/aromatic N) is 1. The lowest BCUT2D eigenvalue weighted by Gasteiger charge is -2.13. The first-order valence-corrected chi connectivity index (χ1v) is 5.55. The molecule has 0 atom stereocenters. The highest BCUT2D eigenvalue weighted by atomic mass is 16.5. The minimum absolute atomic E-state index is 0.329. The summed E-state index contributed by atoms with van der Waals surface area (Å²) in [6.45, 7) is 15.7. The van der Waals surface area contributed by atoms with E-state index < -0.39 is 5.97 Å². The van der Waals surface area contributed by atoms with Gasteiger partial charge < -0.3 is 14.7 Å². The predicted molar refractivity (Wildman–Crippen MR) is 68.7 cm³/mol. The lowest BCUT2D eigenvalue weighted by molar-refractivity contribution is -0.136. The summed E-state index contributed by atoms with van der Waals surface area (Å²) in [6, 6.07) is 0. The minimum Gasteiger partial charge on any atom is -0.481 e. The Morgan fingerprint density at radius 2 is 1.47 bits per heavy atom. The lowest BCUT2D eigenvalue weighted by Crippen LogP contribution is -2.21. The summed E-state index contributed by atoms with van der Waals surface area (Å²) in [6.07, 6.45) is 1.10. The van der Waals surface area contributed by atoms with Crippen LogP contribution < -0.4 is 0 Å². The van der Waals surface area contributed by atoms with Gasteiger partial charge in [0.2, 0.25) is 0 Å². The summed E-state index contributed by atoms with van der Waals surface area (Å²) >= 11 is 0. The highest BCUT2D eigenvalue weighted by Gasteiger charge is 1.89. The van der Waals surface area contributed by atoms with E-state index in [1.54, 1.807) is 0 Å². The van der Waals surface area contributed by atoms with Crippen LogP contribution in [0.3, 0.4) is 0 Å². The number of esters is 1. The third-order valence-corrected chi connectivity index (χ3v) is 1.59. The van der Waals surface area contributed by atoms with Crippen LogP contribution in [0.1, 0.15) is 34.6 Å². The average molecular weight is 247 g/mol. The second-order valence-electron chi connectivity index (χ2n) is 2.91. The van der Waals surface area contributed by atoms with E-state index in [2.05, 4.69) is 37.0 Å². The third-order valence-electron chi connectivity index (χ3n) is 1.59. The van der Waals surface area contributed by atoms with Crippen LogP contribution in [0.4, 0.5) is 0 Å². The topological polar surface area (TPSA) is 66.8 Å². The van der Waals surface area contributed by atoms with E-state index in [-0.39, 0.29) is 5.97 Å². The van der Waals surface area contributed by atoms with Crippen LogP contribution in [0.15, 0.2) is 12.8 Å². The summed E-state index contributed by atoms with van der Waals surface area (Å²) in [7, 11) is 0. The molecule has 0 bridgehead atoms. The highest BCUT2D eigenvalue weighted by molar-refractivity contribution is 5.66. The van der Waals surface area contributed by atoms with E-state index in [1.807, 2.05) is 0 Å². The molecule has 0 saturated carbocycles. The SMILES string of the molecule is C=COC(C)=O.CC(=O)O.CCN(CC)CC. The lowest BCUT2D eigenvalue weighted by atomic mass is 10.5. The molecule has 0 rings (SSSR count). The smallest absolute Gasteiger partial charge is 0.307 e. The Hall–Kier alpha value is -1.36. The van der Waals surface area contributed by atoms with E-state index in [0.717, 1.165) is 13.2 Å². The Kier molecular flexibility index (Phi) is 21.0. The molecule has 5 heteroatoms. The first kappa shape index (κ1) is 21.0. The third kappa shape index (κ3) is 40.1. The molecule has 0 radical (unpaired) electrons. The van der Waals surface area contributed by atoms with Crippen LogP contribution >= 0.6 is 0 Å². The maximum atomic E-state index is 9.75. The summed E-state index contributed by atoms with van der Waals surface area (Å²) in [5, 5.41) is 7.42. The maximum Gasteiger partial charge on any atom is 0.307 e. The second kappa shape index (κ2) is 17.0. The molecule has 5 nitrogen and oxygen atoms in total. The standard InChI is InChI=1S/C6H15N.C4H6O2.C2H4O2/c1-4-7(5-2)6-3;1-3-6-4(2)5;1-2(3)4/h4-6H2,1-3H3;3H,1H2,2H3;1H3,(H,3,4). The monoisotopic (exact) mass is 247 g/mol. The molecule has 0 spiro atoms. The van der Waals surface area contributed by atoms with Gasteiger partial charge in [0.15, 0.2) is 0 Å². The quantitative estimate of drug-likeness (QED) is 0.609. The van der Waals surface area contributed by atoms with Crippen molar-refractivity contribution in [3.8, 4) is 0 Å². The summed E-state index contributed by atoms with van der Waals surface area (Å²) in [5.74, 6) is -1.16. The fourth-order valence-electron chi connectivity index (χ4n) is 0.788. The van der Waals surface area contributed by atoms with Crippen molar-refractivity contribution >= 4 is 11.9 Å². The van der Waals surface area contributed by atoms with Gasteiger partial charge in [-0.2, -0.15) is 0 Å². The fraction of sp³-hybridized carbons (Fsp3) is 0.667. The zero-order chi connectivity index (χ0) is 14.3. The first-order valence-electron chi connectivity index (χ1n) is 5.55. The van der Waals surface area contributed by atoms with Gasteiger partial charge in [-0.3, -0.25) is 9.59 Å². The number of aliphatic carboxylic acids is 1. The molecule has 0 fully saturated rings. The van der Waals surface area contributed by atoms with Gasteiger partial charge in [-0.15, -0.1) is 0 Å². The maximum absolute atomic E-state index is 9.75. The number of hydrogen-bond acceptors (Lipinski definition) is 4. The number of carboxylic acid groups (broad SMARTS) is 1. The van der Waals surface area contributed by atoms with E-state index in [1.165, 1.54) is 26.6 Å². The molecule has 0 amide bonds. The Labute approximate surface area is 104 Å². The largest absolute Gasteiger partial charge is 0.481 e. The van der Waals surface area contributed by atoms with Gasteiger partial charge in [0.25, 0.3) is 5.97 Å². The van der Waals surface area contributed by atoms with Crippen LogP contribution in [0.2, 0.25) is 0 Å². The molecular formula is C12H25NO4. The Morgan fingerprint density at radius 1 is 1.18 bits per heavy atom. The van der Waals surface area contributed by atoms with Gasteiger partial charge in [-0.25, -0.2) is 0 Å². The summed E-state index contributed by atoms with van der Waals surface area (Å²) in [5.41, 5.74) is 0. The fourth-order valence-corrected chi connectivity index (χ4v) is 0.788. The van der Waals surface area contributed by atoms with Crippen molar-refractivity contribution in [1.82, 2.24) is 4.90 Å². The van der Waals surface area contributed by atoms with Crippen molar-refractivity contribution in [2.75, 3.05) is 19.6 Å².